The van der Waals surface area contributed by atoms with Gasteiger partial charge in [0.2, 0.25) is 5.91 Å². The number of rotatable bonds is 7. The Labute approximate surface area is 251 Å². The van der Waals surface area contributed by atoms with E-state index in [0.29, 0.717) is 41.0 Å². The van der Waals surface area contributed by atoms with Crippen LogP contribution in [0, 0.1) is 5.41 Å². The molecule has 0 unspecified atom stereocenters. The molecule has 0 radical (unpaired) electrons. The topological polar surface area (TPSA) is 101 Å². The molecule has 1 saturated heterocycles. The molecule has 10 heteroatoms. The molecule has 9 nitrogen and oxygen atoms in total. The van der Waals surface area contributed by atoms with Gasteiger partial charge in [-0.1, -0.05) is 24.3 Å². The Bertz CT molecular complexity index is 1480. The monoisotopic (exact) mass is 592 g/mol. The van der Waals surface area contributed by atoms with Gasteiger partial charge in [-0.15, -0.1) is 11.3 Å². The van der Waals surface area contributed by atoms with E-state index in [1.807, 2.05) is 35.2 Å². The van der Waals surface area contributed by atoms with Crippen LogP contribution in [0.15, 0.2) is 36.4 Å². The zero-order chi connectivity index (χ0) is 30.2. The van der Waals surface area contributed by atoms with Crippen molar-refractivity contribution in [3.63, 3.8) is 0 Å². The average Bonchev–Trinajstić information content (AvgIpc) is 3.55. The SMILES string of the molecule is COc1cc2sc(CNC(=O)C3(C(=O)OC(C)(C)C)Cc4ccccc4C3)nc2cc1C(=O)N1CCC(N(C)C)CC1. The standard InChI is InChI=1S/C32H40N4O5S/c1-31(2,3)41-30(39)32(17-20-9-7-8-10-21(20)18-32)29(38)33-19-27-34-24-15-23(25(40-6)16-26(24)42-27)28(37)36-13-11-22(12-14-36)35(4)5/h7-10,15-16,22H,11-14,17-19H2,1-6H3,(H,33,38). The van der Waals surface area contributed by atoms with E-state index in [9.17, 15) is 14.4 Å². The van der Waals surface area contributed by atoms with Crippen LogP contribution in [0.4, 0.5) is 0 Å². The van der Waals surface area contributed by atoms with Gasteiger partial charge in [0.1, 0.15) is 16.4 Å². The van der Waals surface area contributed by atoms with E-state index in [1.165, 1.54) is 11.3 Å². The first-order chi connectivity index (χ1) is 19.9. The third-order valence-electron chi connectivity index (χ3n) is 8.19. The molecule has 5 rings (SSSR count). The number of hydrogen-bond donors (Lipinski definition) is 1. The van der Waals surface area contributed by atoms with Crippen molar-refractivity contribution in [1.29, 1.82) is 0 Å². The number of ether oxygens (including phenoxy) is 2. The highest BCUT2D eigenvalue weighted by atomic mass is 32.1. The van der Waals surface area contributed by atoms with Crippen molar-refractivity contribution in [2.24, 2.45) is 5.41 Å². The summed E-state index contributed by atoms with van der Waals surface area (Å²) in [5, 5.41) is 3.65. The van der Waals surface area contributed by atoms with E-state index in [-0.39, 0.29) is 31.2 Å². The van der Waals surface area contributed by atoms with Gasteiger partial charge in [0.25, 0.3) is 5.91 Å². The molecule has 1 aliphatic carbocycles. The first kappa shape index (κ1) is 30.0. The number of carbonyl (C=O) groups is 3. The van der Waals surface area contributed by atoms with Crippen molar-refractivity contribution in [2.45, 2.75) is 64.6 Å². The Morgan fingerprint density at radius 3 is 2.31 bits per heavy atom. The van der Waals surface area contributed by atoms with E-state index < -0.39 is 17.0 Å². The number of aromatic nitrogens is 1. The number of carbonyl (C=O) groups excluding carboxylic acids is 3. The Morgan fingerprint density at radius 2 is 1.74 bits per heavy atom. The molecule has 2 aromatic carbocycles. The number of piperidine rings is 1. The van der Waals surface area contributed by atoms with Gasteiger partial charge in [-0.25, -0.2) is 4.98 Å². The molecule has 1 N–H and O–H groups in total. The Balaban J connectivity index is 1.33. The molecule has 2 heterocycles. The van der Waals surface area contributed by atoms with Gasteiger partial charge >= 0.3 is 5.97 Å². The first-order valence-electron chi connectivity index (χ1n) is 14.4. The maximum absolute atomic E-state index is 13.7. The maximum Gasteiger partial charge on any atom is 0.322 e. The summed E-state index contributed by atoms with van der Waals surface area (Å²) in [7, 11) is 5.71. The number of hydrogen-bond acceptors (Lipinski definition) is 8. The van der Waals surface area contributed by atoms with E-state index in [4.69, 9.17) is 14.5 Å². The molecular formula is C32H40N4O5S. The normalized spacial score (nSPS) is 16.9. The van der Waals surface area contributed by atoms with Crippen molar-refractivity contribution in [1.82, 2.24) is 20.1 Å². The molecule has 42 heavy (non-hydrogen) atoms. The maximum atomic E-state index is 13.7. The van der Waals surface area contributed by atoms with Gasteiger partial charge < -0.3 is 24.6 Å². The van der Waals surface area contributed by atoms with E-state index in [1.54, 1.807) is 33.9 Å². The number of nitrogens with zero attached hydrogens (tertiary/aromatic N) is 3. The number of fused-ring (bicyclic) bond motifs is 2. The third kappa shape index (κ3) is 6.01. The van der Waals surface area contributed by atoms with Gasteiger partial charge in [0.15, 0.2) is 5.41 Å². The Kier molecular flexibility index (Phi) is 8.31. The molecule has 1 fully saturated rings. The lowest BCUT2D eigenvalue weighted by Gasteiger charge is -2.35. The number of nitrogens with one attached hydrogen (secondary N) is 1. The van der Waals surface area contributed by atoms with Gasteiger partial charge in [0, 0.05) is 25.2 Å². The van der Waals surface area contributed by atoms with E-state index in [0.717, 1.165) is 28.7 Å². The van der Waals surface area contributed by atoms with Crippen molar-refractivity contribution in [2.75, 3.05) is 34.3 Å². The molecule has 1 aromatic heterocycles. The van der Waals surface area contributed by atoms with Crippen molar-refractivity contribution >= 4 is 39.3 Å². The number of thiazole rings is 1. The fourth-order valence-corrected chi connectivity index (χ4v) is 6.80. The van der Waals surface area contributed by atoms with Crippen LogP contribution < -0.4 is 10.1 Å². The minimum Gasteiger partial charge on any atom is -0.496 e. The Hall–Kier alpha value is -3.50. The second-order valence-electron chi connectivity index (χ2n) is 12.5. The molecule has 0 saturated carbocycles. The van der Waals surface area contributed by atoms with Crippen LogP contribution in [0.5, 0.6) is 5.75 Å². The number of likely N-dealkylation sites (tertiary alicyclic amines) is 1. The van der Waals surface area contributed by atoms with Crippen molar-refractivity contribution < 1.29 is 23.9 Å². The zero-order valence-corrected chi connectivity index (χ0v) is 26.1. The van der Waals surface area contributed by atoms with Gasteiger partial charge in [0.05, 0.1) is 29.4 Å². The molecule has 3 aromatic rings. The number of methoxy groups -OCH3 is 1. The average molecular weight is 593 g/mol. The highest BCUT2D eigenvalue weighted by molar-refractivity contribution is 7.18. The summed E-state index contributed by atoms with van der Waals surface area (Å²) in [6, 6.07) is 11.9. The van der Waals surface area contributed by atoms with Crippen LogP contribution in [0.25, 0.3) is 10.2 Å². The van der Waals surface area contributed by atoms with Crippen molar-refractivity contribution in [3.8, 4) is 5.75 Å². The largest absolute Gasteiger partial charge is 0.496 e. The second-order valence-corrected chi connectivity index (χ2v) is 13.6. The highest BCUT2D eigenvalue weighted by Gasteiger charge is 2.52. The lowest BCUT2D eigenvalue weighted by atomic mass is 9.83. The van der Waals surface area contributed by atoms with Crippen LogP contribution in [0.1, 0.15) is 60.1 Å². The van der Waals surface area contributed by atoms with Crippen LogP contribution in [-0.2, 0) is 33.7 Å². The van der Waals surface area contributed by atoms with E-state index in [2.05, 4.69) is 24.3 Å². The van der Waals surface area contributed by atoms with E-state index >= 15 is 0 Å². The summed E-state index contributed by atoms with van der Waals surface area (Å²) in [6.45, 7) is 6.96. The summed E-state index contributed by atoms with van der Waals surface area (Å²) >= 11 is 1.42. The third-order valence-corrected chi connectivity index (χ3v) is 9.21. The second kappa shape index (κ2) is 11.6. The molecule has 2 aliphatic rings. The first-order valence-corrected chi connectivity index (χ1v) is 15.2. The van der Waals surface area contributed by atoms with Gasteiger partial charge in [-0.3, -0.25) is 14.4 Å². The van der Waals surface area contributed by atoms with Gasteiger partial charge in [-0.05, 0) is 77.7 Å². The molecule has 1 aliphatic heterocycles. The highest BCUT2D eigenvalue weighted by Crippen LogP contribution is 2.40. The quantitative estimate of drug-likeness (QED) is 0.324. The van der Waals surface area contributed by atoms with Crippen LogP contribution in [0.2, 0.25) is 0 Å². The predicted octanol–water partition coefficient (Wildman–Crippen LogP) is 4.21. The number of amides is 2. The fourth-order valence-electron chi connectivity index (χ4n) is 5.88. The smallest absolute Gasteiger partial charge is 0.322 e. The summed E-state index contributed by atoms with van der Waals surface area (Å²) in [5.41, 5.74) is 1.06. The summed E-state index contributed by atoms with van der Waals surface area (Å²) in [6.07, 6.45) is 2.44. The number of esters is 1. The zero-order valence-electron chi connectivity index (χ0n) is 25.3. The lowest BCUT2D eigenvalue weighted by Crippen LogP contribution is -2.49. The van der Waals surface area contributed by atoms with Crippen LogP contribution in [-0.4, -0.2) is 78.5 Å². The van der Waals surface area contributed by atoms with Crippen LogP contribution in [0.3, 0.4) is 0 Å². The molecule has 0 bridgehead atoms. The summed E-state index contributed by atoms with van der Waals surface area (Å²) in [4.78, 5) is 49.5. The Morgan fingerprint density at radius 1 is 1.10 bits per heavy atom. The number of benzene rings is 2. The molecular weight excluding hydrogens is 552 g/mol. The molecule has 224 valence electrons. The lowest BCUT2D eigenvalue weighted by molar-refractivity contribution is -0.170. The molecule has 2 amide bonds. The minimum absolute atomic E-state index is 0.0612. The fraction of sp³-hybridized carbons (Fsp3) is 0.500. The van der Waals surface area contributed by atoms with Crippen molar-refractivity contribution in [3.05, 3.63) is 58.1 Å². The molecule has 0 atom stereocenters. The van der Waals surface area contributed by atoms with Crippen LogP contribution >= 0.6 is 11.3 Å². The minimum atomic E-state index is -1.34. The van der Waals surface area contributed by atoms with Gasteiger partial charge in [-0.2, -0.15) is 0 Å². The summed E-state index contributed by atoms with van der Waals surface area (Å²) in [5.74, 6) is -0.444. The molecule has 0 spiro atoms. The summed E-state index contributed by atoms with van der Waals surface area (Å²) < 4.78 is 12.2. The predicted molar refractivity (Wildman–Crippen MR) is 163 cm³/mol.